The molecule has 2 saturated carbocycles. The van der Waals surface area contributed by atoms with E-state index in [1.165, 1.54) is 25.7 Å². The summed E-state index contributed by atoms with van der Waals surface area (Å²) in [4.78, 5) is 15.6. The maximum absolute atomic E-state index is 10.9. The van der Waals surface area contributed by atoms with Crippen LogP contribution < -0.4 is 0 Å². The molecule has 0 bridgehead atoms. The summed E-state index contributed by atoms with van der Waals surface area (Å²) in [5, 5.41) is 3.91. The Hall–Kier alpha value is -1.06. The summed E-state index contributed by atoms with van der Waals surface area (Å²) in [7, 11) is 0. The Balaban J connectivity index is 1.83. The zero-order valence-electron chi connectivity index (χ0n) is 8.36. The van der Waals surface area contributed by atoms with Crippen molar-refractivity contribution in [2.75, 3.05) is 6.61 Å². The van der Waals surface area contributed by atoms with Crippen molar-refractivity contribution in [1.29, 1.82) is 0 Å². The highest BCUT2D eigenvalue weighted by Crippen LogP contribution is 2.42. The molecule has 0 atom stereocenters. The van der Waals surface area contributed by atoms with Gasteiger partial charge in [0.2, 0.25) is 0 Å². The Kier molecular flexibility index (Phi) is 2.70. The third kappa shape index (κ3) is 2.47. The highest BCUT2D eigenvalue weighted by atomic mass is 16.8. The van der Waals surface area contributed by atoms with Crippen molar-refractivity contribution < 1.29 is 14.4 Å². The molecular weight excluding hydrogens is 182 g/mol. The fourth-order valence-electron chi connectivity index (χ4n) is 1.47. The van der Waals surface area contributed by atoms with Crippen molar-refractivity contribution >= 4 is 11.9 Å². The molecule has 0 aliphatic heterocycles. The van der Waals surface area contributed by atoms with E-state index in [0.717, 1.165) is 5.71 Å². The summed E-state index contributed by atoms with van der Waals surface area (Å²) in [5.74, 6) is 1.16. The van der Waals surface area contributed by atoms with Gasteiger partial charge < -0.3 is 4.74 Å². The Bertz CT molecular complexity index is 240. The van der Waals surface area contributed by atoms with E-state index in [-0.39, 0.29) is 0 Å². The van der Waals surface area contributed by atoms with Gasteiger partial charge in [-0.1, -0.05) is 5.16 Å². The number of carbonyl (C=O) groups is 1. The smallest absolute Gasteiger partial charge is 0.433 e. The molecule has 0 aromatic carbocycles. The van der Waals surface area contributed by atoms with E-state index in [1.54, 1.807) is 6.92 Å². The van der Waals surface area contributed by atoms with Crippen molar-refractivity contribution in [2.45, 2.75) is 32.6 Å². The van der Waals surface area contributed by atoms with Crippen LogP contribution in [0.4, 0.5) is 4.79 Å². The van der Waals surface area contributed by atoms with Crippen molar-refractivity contribution in [3.63, 3.8) is 0 Å². The molecule has 2 aliphatic carbocycles. The first-order valence-corrected chi connectivity index (χ1v) is 5.22. The van der Waals surface area contributed by atoms with E-state index in [9.17, 15) is 4.79 Å². The Labute approximate surface area is 83.3 Å². The first-order valence-electron chi connectivity index (χ1n) is 5.22. The fraction of sp³-hybridized carbons (Fsp3) is 0.800. The summed E-state index contributed by atoms with van der Waals surface area (Å²) in [6.07, 6.45) is 4.10. The summed E-state index contributed by atoms with van der Waals surface area (Å²) < 4.78 is 4.62. The molecule has 0 spiro atoms. The number of carbonyl (C=O) groups excluding carboxylic acids is 1. The van der Waals surface area contributed by atoms with Crippen molar-refractivity contribution in [3.8, 4) is 0 Å². The minimum atomic E-state index is -0.689. The minimum Gasteiger partial charge on any atom is -0.433 e. The second-order valence-corrected chi connectivity index (χ2v) is 3.84. The minimum absolute atomic E-state index is 0.330. The number of nitrogens with zero attached hydrogens (tertiary/aromatic N) is 1. The zero-order chi connectivity index (χ0) is 9.97. The van der Waals surface area contributed by atoms with Crippen molar-refractivity contribution in [2.24, 2.45) is 17.0 Å². The molecule has 78 valence electrons. The molecule has 2 fully saturated rings. The van der Waals surface area contributed by atoms with Crippen LogP contribution in [0.5, 0.6) is 0 Å². The topological polar surface area (TPSA) is 47.9 Å². The average Bonchev–Trinajstić information content (AvgIpc) is 3.01. The molecule has 4 heteroatoms. The first-order chi connectivity index (χ1) is 6.81. The maximum atomic E-state index is 10.9. The van der Waals surface area contributed by atoms with Crippen LogP contribution in [0.15, 0.2) is 5.16 Å². The lowest BCUT2D eigenvalue weighted by atomic mass is 10.2. The van der Waals surface area contributed by atoms with Gasteiger partial charge in [0.25, 0.3) is 0 Å². The van der Waals surface area contributed by atoms with E-state index >= 15 is 0 Å². The molecule has 2 aliphatic rings. The predicted molar refractivity (Wildman–Crippen MR) is 51.0 cm³/mol. The van der Waals surface area contributed by atoms with Crippen LogP contribution in [0.25, 0.3) is 0 Å². The Morgan fingerprint density at radius 3 is 2.29 bits per heavy atom. The molecule has 0 saturated heterocycles. The highest BCUT2D eigenvalue weighted by molar-refractivity contribution is 5.92. The molecular formula is C10H15NO3. The number of hydrogen-bond donors (Lipinski definition) is 0. The van der Waals surface area contributed by atoms with Crippen LogP contribution in [0.1, 0.15) is 32.6 Å². The van der Waals surface area contributed by atoms with Gasteiger partial charge in [-0.05, 0) is 32.6 Å². The number of rotatable bonds is 4. The molecule has 0 unspecified atom stereocenters. The molecule has 14 heavy (non-hydrogen) atoms. The third-order valence-electron chi connectivity index (χ3n) is 2.48. The summed E-state index contributed by atoms with van der Waals surface area (Å²) in [5.41, 5.74) is 1.08. The molecule has 0 N–H and O–H groups in total. The van der Waals surface area contributed by atoms with Crippen LogP contribution in [0, 0.1) is 11.8 Å². The highest BCUT2D eigenvalue weighted by Gasteiger charge is 2.38. The van der Waals surface area contributed by atoms with E-state index < -0.39 is 6.16 Å². The SMILES string of the molecule is CCOC(=O)ON=C(C1CC1)C1CC1. The predicted octanol–water partition coefficient (Wildman–Crippen LogP) is 2.34. The molecule has 2 rings (SSSR count). The monoisotopic (exact) mass is 197 g/mol. The molecule has 0 amide bonds. The lowest BCUT2D eigenvalue weighted by molar-refractivity contribution is 0.0608. The van der Waals surface area contributed by atoms with Gasteiger partial charge in [-0.3, -0.25) is 4.84 Å². The molecule has 0 radical (unpaired) electrons. The van der Waals surface area contributed by atoms with Crippen molar-refractivity contribution in [3.05, 3.63) is 0 Å². The van der Waals surface area contributed by atoms with Gasteiger partial charge in [0, 0.05) is 11.8 Å². The first kappa shape index (κ1) is 9.49. The second-order valence-electron chi connectivity index (χ2n) is 3.84. The van der Waals surface area contributed by atoms with E-state index in [0.29, 0.717) is 18.4 Å². The lowest BCUT2D eigenvalue weighted by Gasteiger charge is -2.01. The van der Waals surface area contributed by atoms with E-state index in [2.05, 4.69) is 14.7 Å². The number of ether oxygens (including phenoxy) is 1. The van der Waals surface area contributed by atoms with Gasteiger partial charge in [-0.15, -0.1) is 0 Å². The maximum Gasteiger partial charge on any atom is 0.535 e. The third-order valence-corrected chi connectivity index (χ3v) is 2.48. The van der Waals surface area contributed by atoms with Gasteiger partial charge in [-0.25, -0.2) is 4.79 Å². The summed E-state index contributed by atoms with van der Waals surface area (Å²) in [6, 6.07) is 0. The van der Waals surface area contributed by atoms with Gasteiger partial charge >= 0.3 is 6.16 Å². The average molecular weight is 197 g/mol. The molecule has 4 nitrogen and oxygen atoms in total. The zero-order valence-corrected chi connectivity index (χ0v) is 8.36. The van der Waals surface area contributed by atoms with Crippen LogP contribution >= 0.6 is 0 Å². The molecule has 0 aromatic rings. The van der Waals surface area contributed by atoms with Crippen LogP contribution in [-0.2, 0) is 9.57 Å². The number of hydrogen-bond acceptors (Lipinski definition) is 4. The van der Waals surface area contributed by atoms with Crippen LogP contribution in [-0.4, -0.2) is 18.5 Å². The summed E-state index contributed by atoms with van der Waals surface area (Å²) in [6.45, 7) is 2.07. The standard InChI is InChI=1S/C10H15NO3/c1-2-13-10(12)14-11-9(7-3-4-7)8-5-6-8/h7-8H,2-6H2,1H3. The Morgan fingerprint density at radius 2 is 1.86 bits per heavy atom. The van der Waals surface area contributed by atoms with Gasteiger partial charge in [0.15, 0.2) is 0 Å². The quantitative estimate of drug-likeness (QED) is 0.301. The summed E-state index contributed by atoms with van der Waals surface area (Å²) >= 11 is 0. The largest absolute Gasteiger partial charge is 0.535 e. The van der Waals surface area contributed by atoms with Crippen molar-refractivity contribution in [1.82, 2.24) is 0 Å². The normalized spacial score (nSPS) is 20.1. The fourth-order valence-corrected chi connectivity index (χ4v) is 1.47. The van der Waals surface area contributed by atoms with E-state index in [1.807, 2.05) is 0 Å². The molecule has 0 heterocycles. The lowest BCUT2D eigenvalue weighted by Crippen LogP contribution is -2.09. The van der Waals surface area contributed by atoms with Crippen LogP contribution in [0.2, 0.25) is 0 Å². The second kappa shape index (κ2) is 3.98. The Morgan fingerprint density at radius 1 is 1.29 bits per heavy atom. The van der Waals surface area contributed by atoms with Gasteiger partial charge in [0.05, 0.1) is 12.3 Å². The van der Waals surface area contributed by atoms with Crippen LogP contribution in [0.3, 0.4) is 0 Å². The van der Waals surface area contributed by atoms with E-state index in [4.69, 9.17) is 0 Å². The number of oxime groups is 1. The van der Waals surface area contributed by atoms with Gasteiger partial charge in [-0.2, -0.15) is 0 Å². The molecule has 0 aromatic heterocycles. The van der Waals surface area contributed by atoms with Gasteiger partial charge in [0.1, 0.15) is 0 Å².